The van der Waals surface area contributed by atoms with Crippen LogP contribution in [0.5, 0.6) is 11.5 Å². The fourth-order valence-electron chi connectivity index (χ4n) is 2.48. The fraction of sp³-hybridized carbons (Fsp3) is 0.105. The van der Waals surface area contributed by atoms with Crippen molar-refractivity contribution in [2.45, 2.75) is 6.92 Å². The number of halogens is 1. The molecule has 0 aliphatic rings. The maximum atomic E-state index is 12.2. The number of phenols is 1. The number of aryl methyl sites for hydroxylation is 1. The van der Waals surface area contributed by atoms with Crippen molar-refractivity contribution in [3.8, 4) is 11.5 Å². The zero-order valence-electron chi connectivity index (χ0n) is 13.0. The van der Waals surface area contributed by atoms with Crippen molar-refractivity contribution < 1.29 is 14.6 Å². The lowest BCUT2D eigenvalue weighted by Gasteiger charge is -2.12. The van der Waals surface area contributed by atoms with Gasteiger partial charge in [-0.2, -0.15) is 0 Å². The third kappa shape index (κ3) is 3.44. The lowest BCUT2D eigenvalue weighted by Crippen LogP contribution is -2.20. The van der Waals surface area contributed by atoms with Gasteiger partial charge >= 0.3 is 0 Å². The Balaban J connectivity index is 1.74. The quantitative estimate of drug-likeness (QED) is 0.686. The van der Waals surface area contributed by atoms with Crippen molar-refractivity contribution >= 4 is 34.0 Å². The summed E-state index contributed by atoms with van der Waals surface area (Å²) in [6, 6.07) is 16.1. The minimum atomic E-state index is -0.351. The Kier molecular flexibility index (Phi) is 4.58. The number of anilines is 1. The summed E-state index contributed by atoms with van der Waals surface area (Å²) < 4.78 is 5.53. The van der Waals surface area contributed by atoms with Crippen LogP contribution in [-0.4, -0.2) is 17.6 Å². The molecular formula is C19H16ClNO3. The van der Waals surface area contributed by atoms with E-state index in [1.807, 2.05) is 31.2 Å². The molecule has 0 saturated carbocycles. The van der Waals surface area contributed by atoms with Crippen LogP contribution in [0, 0.1) is 6.92 Å². The van der Waals surface area contributed by atoms with E-state index in [2.05, 4.69) is 5.32 Å². The van der Waals surface area contributed by atoms with Gasteiger partial charge in [-0.1, -0.05) is 41.9 Å². The number of carbonyl (C=O) groups is 1. The van der Waals surface area contributed by atoms with Crippen molar-refractivity contribution in [1.82, 2.24) is 0 Å². The van der Waals surface area contributed by atoms with E-state index in [4.69, 9.17) is 16.3 Å². The summed E-state index contributed by atoms with van der Waals surface area (Å²) in [6.07, 6.45) is 0. The molecule has 122 valence electrons. The second kappa shape index (κ2) is 6.81. The van der Waals surface area contributed by atoms with E-state index in [-0.39, 0.29) is 18.3 Å². The van der Waals surface area contributed by atoms with E-state index in [0.717, 1.165) is 16.3 Å². The summed E-state index contributed by atoms with van der Waals surface area (Å²) in [6.45, 7) is 1.70. The van der Waals surface area contributed by atoms with Crippen molar-refractivity contribution in [3.63, 3.8) is 0 Å². The molecule has 0 aliphatic carbocycles. The molecule has 0 unspecified atom stereocenters. The molecule has 0 atom stereocenters. The summed E-state index contributed by atoms with van der Waals surface area (Å²) in [5, 5.41) is 15.1. The molecule has 2 N–H and O–H groups in total. The molecule has 0 spiro atoms. The lowest BCUT2D eigenvalue weighted by atomic mass is 10.1. The first-order valence-electron chi connectivity index (χ1n) is 7.44. The highest BCUT2D eigenvalue weighted by atomic mass is 35.5. The standard InChI is InChI=1S/C19H16ClNO3/c1-12-10-14(20)7-9-17(12)24-11-18(23)21-19-15-5-3-2-4-13(15)6-8-16(19)22/h2-10,22H,11H2,1H3,(H,21,23). The summed E-state index contributed by atoms with van der Waals surface area (Å²) in [5.41, 5.74) is 1.23. The fourth-order valence-corrected chi connectivity index (χ4v) is 2.71. The van der Waals surface area contributed by atoms with E-state index in [1.165, 1.54) is 0 Å². The number of amides is 1. The summed E-state index contributed by atoms with van der Waals surface area (Å²) in [5.74, 6) is 0.261. The molecule has 0 saturated heterocycles. The molecule has 4 nitrogen and oxygen atoms in total. The van der Waals surface area contributed by atoms with Crippen LogP contribution in [0.1, 0.15) is 5.56 Å². The molecule has 3 aromatic rings. The van der Waals surface area contributed by atoms with Crippen molar-refractivity contribution in [2.24, 2.45) is 0 Å². The predicted octanol–water partition coefficient (Wildman–Crippen LogP) is 4.52. The summed E-state index contributed by atoms with van der Waals surface area (Å²) in [7, 11) is 0. The Morgan fingerprint density at radius 2 is 1.96 bits per heavy atom. The minimum absolute atomic E-state index is 0.0183. The van der Waals surface area contributed by atoms with E-state index in [0.29, 0.717) is 16.5 Å². The molecule has 0 bridgehead atoms. The van der Waals surface area contributed by atoms with E-state index in [1.54, 1.807) is 30.3 Å². The summed E-state index contributed by atoms with van der Waals surface area (Å²) in [4.78, 5) is 12.2. The van der Waals surface area contributed by atoms with Crippen LogP contribution in [0.4, 0.5) is 5.69 Å². The van der Waals surface area contributed by atoms with Crippen molar-refractivity contribution in [2.75, 3.05) is 11.9 Å². The highest BCUT2D eigenvalue weighted by Crippen LogP contribution is 2.32. The van der Waals surface area contributed by atoms with Crippen LogP contribution >= 0.6 is 11.6 Å². The first kappa shape index (κ1) is 16.1. The van der Waals surface area contributed by atoms with Gasteiger partial charge in [0.05, 0.1) is 5.69 Å². The Bertz CT molecular complexity index is 908. The number of nitrogens with one attached hydrogen (secondary N) is 1. The number of aromatic hydroxyl groups is 1. The van der Waals surface area contributed by atoms with Crippen molar-refractivity contribution in [3.05, 3.63) is 65.2 Å². The van der Waals surface area contributed by atoms with Crippen LogP contribution in [0.15, 0.2) is 54.6 Å². The molecule has 3 aromatic carbocycles. The normalized spacial score (nSPS) is 10.6. The number of ether oxygens (including phenoxy) is 1. The van der Waals surface area contributed by atoms with E-state index in [9.17, 15) is 9.90 Å². The van der Waals surface area contributed by atoms with Crippen LogP contribution in [0.25, 0.3) is 10.8 Å². The van der Waals surface area contributed by atoms with E-state index >= 15 is 0 Å². The average Bonchev–Trinajstić information content (AvgIpc) is 2.57. The number of rotatable bonds is 4. The van der Waals surface area contributed by atoms with Gasteiger partial charge in [0.15, 0.2) is 6.61 Å². The maximum absolute atomic E-state index is 12.2. The van der Waals surface area contributed by atoms with Crippen molar-refractivity contribution in [1.29, 1.82) is 0 Å². The molecule has 0 fully saturated rings. The predicted molar refractivity (Wildman–Crippen MR) is 95.9 cm³/mol. The zero-order chi connectivity index (χ0) is 17.1. The topological polar surface area (TPSA) is 58.6 Å². The zero-order valence-corrected chi connectivity index (χ0v) is 13.8. The number of phenolic OH excluding ortho intramolecular Hbond substituents is 1. The number of hydrogen-bond acceptors (Lipinski definition) is 3. The number of benzene rings is 3. The van der Waals surface area contributed by atoms with Gasteiger partial charge in [0.1, 0.15) is 11.5 Å². The molecule has 5 heteroatoms. The third-order valence-electron chi connectivity index (χ3n) is 3.67. The highest BCUT2D eigenvalue weighted by Gasteiger charge is 2.11. The Morgan fingerprint density at radius 3 is 2.75 bits per heavy atom. The summed E-state index contributed by atoms with van der Waals surface area (Å²) >= 11 is 5.90. The molecule has 0 radical (unpaired) electrons. The van der Waals surface area contributed by atoms with Gasteiger partial charge in [0.25, 0.3) is 5.91 Å². The molecule has 3 rings (SSSR count). The Labute approximate surface area is 144 Å². The number of carbonyl (C=O) groups excluding carboxylic acids is 1. The maximum Gasteiger partial charge on any atom is 0.262 e. The molecule has 0 aliphatic heterocycles. The smallest absolute Gasteiger partial charge is 0.262 e. The number of hydrogen-bond donors (Lipinski definition) is 2. The molecular weight excluding hydrogens is 326 g/mol. The first-order chi connectivity index (χ1) is 11.5. The van der Waals surface area contributed by atoms with Crippen LogP contribution in [0.2, 0.25) is 5.02 Å². The second-order valence-electron chi connectivity index (χ2n) is 5.43. The van der Waals surface area contributed by atoms with Gasteiger partial charge in [-0.25, -0.2) is 0 Å². The Morgan fingerprint density at radius 1 is 1.17 bits per heavy atom. The molecule has 24 heavy (non-hydrogen) atoms. The van der Waals surface area contributed by atoms with E-state index < -0.39 is 0 Å². The molecule has 0 heterocycles. The van der Waals surface area contributed by atoms with Crippen LogP contribution in [0.3, 0.4) is 0 Å². The van der Waals surface area contributed by atoms with Gasteiger partial charge in [-0.3, -0.25) is 4.79 Å². The minimum Gasteiger partial charge on any atom is -0.506 e. The van der Waals surface area contributed by atoms with Gasteiger partial charge in [0, 0.05) is 10.4 Å². The van der Waals surface area contributed by atoms with Gasteiger partial charge in [-0.15, -0.1) is 0 Å². The van der Waals surface area contributed by atoms with Crippen LogP contribution < -0.4 is 10.1 Å². The first-order valence-corrected chi connectivity index (χ1v) is 7.82. The lowest BCUT2D eigenvalue weighted by molar-refractivity contribution is -0.118. The average molecular weight is 342 g/mol. The highest BCUT2D eigenvalue weighted by molar-refractivity contribution is 6.30. The largest absolute Gasteiger partial charge is 0.506 e. The van der Waals surface area contributed by atoms with Gasteiger partial charge in [0.2, 0.25) is 0 Å². The SMILES string of the molecule is Cc1cc(Cl)ccc1OCC(=O)Nc1c(O)ccc2ccccc12. The number of fused-ring (bicyclic) bond motifs is 1. The van der Waals surface area contributed by atoms with Crippen LogP contribution in [-0.2, 0) is 4.79 Å². The third-order valence-corrected chi connectivity index (χ3v) is 3.90. The Hall–Kier alpha value is -2.72. The second-order valence-corrected chi connectivity index (χ2v) is 5.86. The monoisotopic (exact) mass is 341 g/mol. The molecule has 1 amide bonds. The van der Waals surface area contributed by atoms with Gasteiger partial charge < -0.3 is 15.2 Å². The van der Waals surface area contributed by atoms with Gasteiger partial charge in [-0.05, 0) is 42.1 Å². The molecule has 0 aromatic heterocycles.